The molecule has 20 heavy (non-hydrogen) atoms. The number of aryl methyl sites for hydroxylation is 1. The first-order valence-corrected chi connectivity index (χ1v) is 7.64. The fraction of sp³-hybridized carbons (Fsp3) is 0.611. The van der Waals surface area contributed by atoms with Crippen LogP contribution in [0.2, 0.25) is 0 Å². The van der Waals surface area contributed by atoms with E-state index in [1.165, 1.54) is 12.0 Å². The van der Waals surface area contributed by atoms with Crippen LogP contribution in [0.3, 0.4) is 0 Å². The summed E-state index contributed by atoms with van der Waals surface area (Å²) in [7, 11) is 0. The highest BCUT2D eigenvalue weighted by Crippen LogP contribution is 2.41. The Balaban J connectivity index is 2.35. The van der Waals surface area contributed by atoms with Crippen LogP contribution in [-0.2, 0) is 14.9 Å². The maximum Gasteiger partial charge on any atom is 0.317 e. The molecular weight excluding hydrogens is 248 g/mol. The minimum absolute atomic E-state index is 0.0476. The third kappa shape index (κ3) is 3.23. The lowest BCUT2D eigenvalue weighted by molar-refractivity contribution is -0.163. The van der Waals surface area contributed by atoms with Crippen LogP contribution in [-0.4, -0.2) is 11.6 Å². The van der Waals surface area contributed by atoms with Gasteiger partial charge in [0, 0.05) is 0 Å². The Kier molecular flexibility index (Phi) is 4.22. The van der Waals surface area contributed by atoms with E-state index in [1.807, 2.05) is 20.8 Å². The van der Waals surface area contributed by atoms with Crippen molar-refractivity contribution in [2.45, 2.75) is 70.8 Å². The topological polar surface area (TPSA) is 26.3 Å². The normalized spacial score (nSPS) is 18.6. The Morgan fingerprint density at radius 3 is 2.10 bits per heavy atom. The SMILES string of the molecule is Cc1ccc(C2(C(=O)OC(C)(C)C)CCCCC2)cc1. The number of carbonyl (C=O) groups is 1. The van der Waals surface area contributed by atoms with Crippen molar-refractivity contribution in [3.8, 4) is 0 Å². The predicted molar refractivity (Wildman–Crippen MR) is 81.8 cm³/mol. The second-order valence-electron chi connectivity index (χ2n) is 7.01. The van der Waals surface area contributed by atoms with Gasteiger partial charge >= 0.3 is 5.97 Å². The highest BCUT2D eigenvalue weighted by Gasteiger charge is 2.43. The molecule has 2 heteroatoms. The van der Waals surface area contributed by atoms with E-state index < -0.39 is 11.0 Å². The summed E-state index contributed by atoms with van der Waals surface area (Å²) in [6.45, 7) is 7.90. The Morgan fingerprint density at radius 2 is 1.60 bits per heavy atom. The molecule has 1 aromatic rings. The molecule has 0 spiro atoms. The first-order chi connectivity index (χ1) is 9.33. The van der Waals surface area contributed by atoms with E-state index in [2.05, 4.69) is 31.2 Å². The monoisotopic (exact) mass is 274 g/mol. The Labute approximate surface area is 122 Å². The van der Waals surface area contributed by atoms with Crippen molar-refractivity contribution in [3.63, 3.8) is 0 Å². The fourth-order valence-electron chi connectivity index (χ4n) is 3.01. The fourth-order valence-corrected chi connectivity index (χ4v) is 3.01. The van der Waals surface area contributed by atoms with Crippen molar-refractivity contribution in [3.05, 3.63) is 35.4 Å². The quantitative estimate of drug-likeness (QED) is 0.740. The number of carbonyl (C=O) groups excluding carboxylic acids is 1. The molecule has 0 amide bonds. The van der Waals surface area contributed by atoms with Crippen LogP contribution in [0.1, 0.15) is 64.0 Å². The van der Waals surface area contributed by atoms with E-state index >= 15 is 0 Å². The van der Waals surface area contributed by atoms with Gasteiger partial charge in [-0.25, -0.2) is 0 Å². The molecule has 0 atom stereocenters. The van der Waals surface area contributed by atoms with Crippen LogP contribution < -0.4 is 0 Å². The Morgan fingerprint density at radius 1 is 1.05 bits per heavy atom. The summed E-state index contributed by atoms with van der Waals surface area (Å²) in [5, 5.41) is 0. The molecule has 0 saturated heterocycles. The van der Waals surface area contributed by atoms with Crippen molar-refractivity contribution in [2.75, 3.05) is 0 Å². The van der Waals surface area contributed by atoms with Crippen LogP contribution in [0.15, 0.2) is 24.3 Å². The standard InChI is InChI=1S/C18H26O2/c1-14-8-10-15(11-9-14)18(12-6-5-7-13-18)16(19)20-17(2,3)4/h8-11H,5-7,12-13H2,1-4H3. The van der Waals surface area contributed by atoms with Gasteiger partial charge in [-0.2, -0.15) is 0 Å². The summed E-state index contributed by atoms with van der Waals surface area (Å²) in [5.41, 5.74) is 1.49. The lowest BCUT2D eigenvalue weighted by Gasteiger charge is -2.37. The molecule has 0 radical (unpaired) electrons. The molecule has 1 saturated carbocycles. The molecule has 1 aliphatic carbocycles. The molecular formula is C18H26O2. The summed E-state index contributed by atoms with van der Waals surface area (Å²) in [6.07, 6.45) is 5.24. The van der Waals surface area contributed by atoms with E-state index in [0.717, 1.165) is 31.2 Å². The molecule has 1 fully saturated rings. The van der Waals surface area contributed by atoms with Gasteiger partial charge in [0.1, 0.15) is 5.60 Å². The molecule has 0 aliphatic heterocycles. The minimum Gasteiger partial charge on any atom is -0.459 e. The Hall–Kier alpha value is -1.31. The van der Waals surface area contributed by atoms with Crippen molar-refractivity contribution in [1.29, 1.82) is 0 Å². The second kappa shape index (κ2) is 5.59. The zero-order valence-electron chi connectivity index (χ0n) is 13.2. The number of hydrogen-bond donors (Lipinski definition) is 0. The molecule has 2 nitrogen and oxygen atoms in total. The summed E-state index contributed by atoms with van der Waals surface area (Å²) in [6, 6.07) is 8.39. The van der Waals surface area contributed by atoms with E-state index in [4.69, 9.17) is 4.74 Å². The number of benzene rings is 1. The van der Waals surface area contributed by atoms with Gasteiger partial charge in [-0.1, -0.05) is 49.1 Å². The van der Waals surface area contributed by atoms with E-state index in [1.54, 1.807) is 0 Å². The van der Waals surface area contributed by atoms with E-state index in [0.29, 0.717) is 0 Å². The molecule has 2 rings (SSSR count). The summed E-state index contributed by atoms with van der Waals surface area (Å²) in [5.74, 6) is -0.0476. The third-order valence-corrected chi connectivity index (χ3v) is 4.10. The van der Waals surface area contributed by atoms with E-state index in [9.17, 15) is 4.79 Å². The molecule has 0 heterocycles. The zero-order chi connectivity index (χ0) is 14.8. The van der Waals surface area contributed by atoms with Gasteiger partial charge in [-0.3, -0.25) is 4.79 Å². The van der Waals surface area contributed by atoms with Gasteiger partial charge in [-0.15, -0.1) is 0 Å². The zero-order valence-corrected chi connectivity index (χ0v) is 13.2. The number of rotatable bonds is 2. The molecule has 0 unspecified atom stereocenters. The average Bonchev–Trinajstić information content (AvgIpc) is 2.38. The van der Waals surface area contributed by atoms with Crippen molar-refractivity contribution in [1.82, 2.24) is 0 Å². The van der Waals surface area contributed by atoms with Crippen LogP contribution in [0.25, 0.3) is 0 Å². The highest BCUT2D eigenvalue weighted by atomic mass is 16.6. The van der Waals surface area contributed by atoms with Gasteiger partial charge in [0.05, 0.1) is 5.41 Å². The number of hydrogen-bond acceptors (Lipinski definition) is 2. The lowest BCUT2D eigenvalue weighted by Crippen LogP contribution is -2.42. The summed E-state index contributed by atoms with van der Waals surface area (Å²) < 4.78 is 5.73. The number of ether oxygens (including phenoxy) is 1. The molecule has 0 aromatic heterocycles. The van der Waals surface area contributed by atoms with Gasteiger partial charge in [0.25, 0.3) is 0 Å². The van der Waals surface area contributed by atoms with Crippen LogP contribution >= 0.6 is 0 Å². The van der Waals surface area contributed by atoms with Crippen molar-refractivity contribution < 1.29 is 9.53 Å². The third-order valence-electron chi connectivity index (χ3n) is 4.10. The Bertz CT molecular complexity index is 459. The van der Waals surface area contributed by atoms with Crippen molar-refractivity contribution in [2.24, 2.45) is 0 Å². The molecule has 0 bridgehead atoms. The first kappa shape index (κ1) is 15.1. The largest absolute Gasteiger partial charge is 0.459 e. The van der Waals surface area contributed by atoms with Crippen LogP contribution in [0.5, 0.6) is 0 Å². The minimum atomic E-state index is -0.431. The highest BCUT2D eigenvalue weighted by molar-refractivity contribution is 5.83. The van der Waals surface area contributed by atoms with Gasteiger partial charge < -0.3 is 4.74 Å². The molecule has 1 aromatic carbocycles. The summed E-state index contributed by atoms with van der Waals surface area (Å²) >= 11 is 0. The molecule has 1 aliphatic rings. The number of esters is 1. The van der Waals surface area contributed by atoms with Crippen LogP contribution in [0.4, 0.5) is 0 Å². The predicted octanol–water partition coefficient (Wildman–Crippen LogP) is 4.54. The smallest absolute Gasteiger partial charge is 0.317 e. The van der Waals surface area contributed by atoms with Gasteiger partial charge in [0.2, 0.25) is 0 Å². The average molecular weight is 274 g/mol. The second-order valence-corrected chi connectivity index (χ2v) is 7.01. The maximum atomic E-state index is 12.8. The van der Waals surface area contributed by atoms with E-state index in [-0.39, 0.29) is 5.97 Å². The molecule has 110 valence electrons. The molecule has 0 N–H and O–H groups in total. The van der Waals surface area contributed by atoms with Gasteiger partial charge in [0.15, 0.2) is 0 Å². The lowest BCUT2D eigenvalue weighted by atomic mass is 9.69. The maximum absolute atomic E-state index is 12.8. The van der Waals surface area contributed by atoms with Gasteiger partial charge in [-0.05, 0) is 46.1 Å². The summed E-state index contributed by atoms with van der Waals surface area (Å²) in [4.78, 5) is 12.8. The van der Waals surface area contributed by atoms with Crippen molar-refractivity contribution >= 4 is 5.97 Å². The first-order valence-electron chi connectivity index (χ1n) is 7.64. The van der Waals surface area contributed by atoms with Crippen LogP contribution in [0, 0.1) is 6.92 Å².